The molecule has 3 heterocycles. The SMILES string of the molecule is CN(C(=O)Nc1ccc(F)c(Cl)c1)[C@H]1COCc2[nH]c(=O)c3cscc3c21. The van der Waals surface area contributed by atoms with Crippen LogP contribution in [-0.2, 0) is 11.3 Å². The highest BCUT2D eigenvalue weighted by Crippen LogP contribution is 2.34. The van der Waals surface area contributed by atoms with Gasteiger partial charge >= 0.3 is 6.03 Å². The number of likely N-dealkylation sites (N-methyl/N-ethyl adjacent to an activating group) is 1. The lowest BCUT2D eigenvalue weighted by molar-refractivity contribution is 0.0528. The van der Waals surface area contributed by atoms with Crippen molar-refractivity contribution in [2.45, 2.75) is 12.6 Å². The molecule has 0 aliphatic carbocycles. The van der Waals surface area contributed by atoms with Crippen molar-refractivity contribution in [1.82, 2.24) is 9.88 Å². The zero-order valence-electron chi connectivity index (χ0n) is 14.2. The number of thiophene rings is 1. The molecule has 0 radical (unpaired) electrons. The quantitative estimate of drug-likeness (QED) is 0.671. The summed E-state index contributed by atoms with van der Waals surface area (Å²) in [6, 6.07) is 3.21. The van der Waals surface area contributed by atoms with Crippen LogP contribution in [0.5, 0.6) is 0 Å². The predicted molar refractivity (Wildman–Crippen MR) is 103 cm³/mol. The molecular formula is C18H15ClFN3O3S. The number of nitrogens with zero attached hydrogens (tertiary/aromatic N) is 1. The minimum absolute atomic E-state index is 0.0700. The van der Waals surface area contributed by atoms with E-state index in [-0.39, 0.29) is 23.2 Å². The summed E-state index contributed by atoms with van der Waals surface area (Å²) in [4.78, 5) is 29.3. The first kappa shape index (κ1) is 18.0. The molecular weight excluding hydrogens is 393 g/mol. The minimum Gasteiger partial charge on any atom is -0.373 e. The number of halogens is 2. The first-order valence-corrected chi connectivity index (χ1v) is 9.45. The molecule has 0 saturated carbocycles. The zero-order valence-corrected chi connectivity index (χ0v) is 15.8. The number of carbonyl (C=O) groups excluding carboxylic acids is 1. The summed E-state index contributed by atoms with van der Waals surface area (Å²) in [6.07, 6.45) is 0. The van der Waals surface area contributed by atoms with E-state index >= 15 is 0 Å². The molecule has 9 heteroatoms. The molecule has 6 nitrogen and oxygen atoms in total. The van der Waals surface area contributed by atoms with Crippen molar-refractivity contribution in [1.29, 1.82) is 0 Å². The van der Waals surface area contributed by atoms with Crippen molar-refractivity contribution in [2.75, 3.05) is 19.0 Å². The van der Waals surface area contributed by atoms with E-state index in [0.29, 0.717) is 23.4 Å². The lowest BCUT2D eigenvalue weighted by Crippen LogP contribution is -2.39. The molecule has 3 aromatic rings. The molecule has 2 N–H and O–H groups in total. The summed E-state index contributed by atoms with van der Waals surface area (Å²) in [5.41, 5.74) is 1.78. The lowest BCUT2D eigenvalue weighted by atomic mass is 9.98. The molecule has 27 heavy (non-hydrogen) atoms. The summed E-state index contributed by atoms with van der Waals surface area (Å²) in [6.45, 7) is 0.591. The summed E-state index contributed by atoms with van der Waals surface area (Å²) >= 11 is 7.21. The Morgan fingerprint density at radius 1 is 1.41 bits per heavy atom. The van der Waals surface area contributed by atoms with Crippen LogP contribution in [0.25, 0.3) is 10.8 Å². The number of anilines is 1. The fourth-order valence-corrected chi connectivity index (χ4v) is 4.21. The lowest BCUT2D eigenvalue weighted by Gasteiger charge is -2.33. The molecule has 0 unspecified atom stereocenters. The third-order valence-corrected chi connectivity index (χ3v) is 5.63. The van der Waals surface area contributed by atoms with E-state index in [4.69, 9.17) is 16.3 Å². The van der Waals surface area contributed by atoms with Crippen LogP contribution in [0.2, 0.25) is 5.02 Å². The van der Waals surface area contributed by atoms with Gasteiger partial charge in [-0.05, 0) is 23.6 Å². The number of urea groups is 1. The molecule has 1 aromatic carbocycles. The number of fused-ring (bicyclic) bond motifs is 3. The Hall–Kier alpha value is -2.42. The number of amides is 2. The molecule has 140 valence electrons. The van der Waals surface area contributed by atoms with Gasteiger partial charge in [0.15, 0.2) is 0 Å². The van der Waals surface area contributed by atoms with Gasteiger partial charge in [-0.2, -0.15) is 11.3 Å². The third-order valence-electron chi connectivity index (χ3n) is 4.60. The second-order valence-electron chi connectivity index (χ2n) is 6.25. The molecule has 0 bridgehead atoms. The highest BCUT2D eigenvalue weighted by Gasteiger charge is 2.30. The maximum atomic E-state index is 13.3. The smallest absolute Gasteiger partial charge is 0.322 e. The van der Waals surface area contributed by atoms with Crippen LogP contribution in [-0.4, -0.2) is 29.6 Å². The van der Waals surface area contributed by atoms with Gasteiger partial charge in [0.05, 0.1) is 29.7 Å². The number of ether oxygens (including phenoxy) is 1. The maximum Gasteiger partial charge on any atom is 0.322 e. The third kappa shape index (κ3) is 3.20. The van der Waals surface area contributed by atoms with Gasteiger partial charge in [0.2, 0.25) is 0 Å². The second kappa shape index (κ2) is 6.95. The van der Waals surface area contributed by atoms with E-state index in [1.54, 1.807) is 12.4 Å². The molecule has 0 fully saturated rings. The van der Waals surface area contributed by atoms with Crippen LogP contribution in [0.4, 0.5) is 14.9 Å². The van der Waals surface area contributed by atoms with E-state index in [9.17, 15) is 14.0 Å². The van der Waals surface area contributed by atoms with Crippen LogP contribution in [0.1, 0.15) is 17.3 Å². The van der Waals surface area contributed by atoms with Crippen LogP contribution < -0.4 is 10.9 Å². The van der Waals surface area contributed by atoms with Crippen LogP contribution >= 0.6 is 22.9 Å². The van der Waals surface area contributed by atoms with Gasteiger partial charge in [-0.1, -0.05) is 11.6 Å². The molecule has 2 aromatic heterocycles. The molecule has 0 spiro atoms. The van der Waals surface area contributed by atoms with Gasteiger partial charge in [0.25, 0.3) is 5.56 Å². The fraction of sp³-hybridized carbons (Fsp3) is 0.222. The number of H-pyrrole nitrogens is 1. The standard InChI is InChI=1S/C18H15ClFN3O3S/c1-23(18(25)21-9-2-3-13(20)12(19)4-9)15-6-26-5-14-16(15)10-7-27-8-11(10)17(24)22-14/h2-4,7-8,15H,5-6H2,1H3,(H,21,25)(H,22,24)/t15-/m0/s1. The predicted octanol–water partition coefficient (Wildman–Crippen LogP) is 4.12. The molecule has 1 aliphatic heterocycles. The van der Waals surface area contributed by atoms with Crippen molar-refractivity contribution < 1.29 is 13.9 Å². The number of hydrogen-bond acceptors (Lipinski definition) is 4. The van der Waals surface area contributed by atoms with E-state index in [2.05, 4.69) is 10.3 Å². The van der Waals surface area contributed by atoms with Gasteiger partial charge in [0, 0.05) is 34.8 Å². The monoisotopic (exact) mass is 407 g/mol. The summed E-state index contributed by atoms with van der Waals surface area (Å²) < 4.78 is 18.9. The van der Waals surface area contributed by atoms with Crippen molar-refractivity contribution in [3.63, 3.8) is 0 Å². The molecule has 2 amide bonds. The summed E-state index contributed by atoms with van der Waals surface area (Å²) in [7, 11) is 1.65. The molecule has 0 saturated heterocycles. The number of benzene rings is 1. The first-order valence-electron chi connectivity index (χ1n) is 8.13. The van der Waals surface area contributed by atoms with Crippen LogP contribution in [0.15, 0.2) is 33.8 Å². The van der Waals surface area contributed by atoms with Crippen molar-refractivity contribution in [3.05, 3.63) is 61.4 Å². The van der Waals surface area contributed by atoms with Gasteiger partial charge < -0.3 is 19.9 Å². The Kier molecular flexibility index (Phi) is 4.63. The number of pyridine rings is 1. The first-order chi connectivity index (χ1) is 13.0. The number of aromatic nitrogens is 1. The van der Waals surface area contributed by atoms with Crippen LogP contribution in [0.3, 0.4) is 0 Å². The number of rotatable bonds is 2. The normalized spacial score (nSPS) is 16.2. The highest BCUT2D eigenvalue weighted by molar-refractivity contribution is 7.09. The van der Waals surface area contributed by atoms with E-state index in [0.717, 1.165) is 10.9 Å². The molecule has 1 atom stereocenters. The fourth-order valence-electron chi connectivity index (χ4n) is 3.20. The average Bonchev–Trinajstić information content (AvgIpc) is 3.14. The Morgan fingerprint density at radius 2 is 2.19 bits per heavy atom. The number of nitrogens with one attached hydrogen (secondary N) is 2. The minimum atomic E-state index is -0.554. The van der Waals surface area contributed by atoms with Gasteiger partial charge in [-0.25, -0.2) is 9.18 Å². The number of hydrogen-bond donors (Lipinski definition) is 2. The highest BCUT2D eigenvalue weighted by atomic mass is 35.5. The summed E-state index contributed by atoms with van der Waals surface area (Å²) in [5.74, 6) is -0.554. The maximum absolute atomic E-state index is 13.3. The Balaban J connectivity index is 1.66. The van der Waals surface area contributed by atoms with Crippen molar-refractivity contribution in [3.8, 4) is 0 Å². The van der Waals surface area contributed by atoms with Gasteiger partial charge in [0.1, 0.15) is 5.82 Å². The molecule has 4 rings (SSSR count). The average molecular weight is 408 g/mol. The molecule has 1 aliphatic rings. The number of carbonyl (C=O) groups is 1. The van der Waals surface area contributed by atoms with Crippen molar-refractivity contribution in [2.24, 2.45) is 0 Å². The van der Waals surface area contributed by atoms with Gasteiger partial charge in [-0.15, -0.1) is 0 Å². The Labute approximate surface area is 162 Å². The Bertz CT molecular complexity index is 1100. The second-order valence-corrected chi connectivity index (χ2v) is 7.40. The van der Waals surface area contributed by atoms with Crippen LogP contribution in [0, 0.1) is 5.82 Å². The van der Waals surface area contributed by atoms with E-state index in [1.807, 2.05) is 5.38 Å². The zero-order chi connectivity index (χ0) is 19.1. The van der Waals surface area contributed by atoms with Crippen molar-refractivity contribution >= 4 is 45.4 Å². The number of aromatic amines is 1. The summed E-state index contributed by atoms with van der Waals surface area (Å²) in [5, 5.41) is 7.77. The van der Waals surface area contributed by atoms with E-state index < -0.39 is 11.8 Å². The topological polar surface area (TPSA) is 74.4 Å². The Morgan fingerprint density at radius 3 is 2.96 bits per heavy atom. The van der Waals surface area contributed by atoms with Gasteiger partial charge in [-0.3, -0.25) is 4.79 Å². The van der Waals surface area contributed by atoms with E-state index in [1.165, 1.54) is 34.4 Å². The largest absolute Gasteiger partial charge is 0.373 e.